The predicted molar refractivity (Wildman–Crippen MR) is 108 cm³/mol. The molecular weight excluding hydrogens is 437 g/mol. The maximum atomic E-state index is 12.5. The van der Waals surface area contributed by atoms with Crippen LogP contribution in [0, 0.1) is 0 Å². The second-order valence-electron chi connectivity index (χ2n) is 5.42. The topological polar surface area (TPSA) is 200 Å². The molecule has 0 aliphatic heterocycles. The molecule has 0 atom stereocenters. The van der Waals surface area contributed by atoms with Crippen LogP contribution in [0.5, 0.6) is 0 Å². The van der Waals surface area contributed by atoms with Crippen molar-refractivity contribution in [1.29, 1.82) is 0 Å². The maximum Gasteiger partial charge on any atom is 0.654 e. The third-order valence-electron chi connectivity index (χ3n) is 2.89. The Hall–Kier alpha value is -3.05. The molecule has 1 amide bonds. The summed E-state index contributed by atoms with van der Waals surface area (Å²) >= 11 is 0. The summed E-state index contributed by atoms with van der Waals surface area (Å²) in [6.45, 7) is 11.5. The van der Waals surface area contributed by atoms with Crippen LogP contribution in [-0.4, -0.2) is 59.0 Å². The summed E-state index contributed by atoms with van der Waals surface area (Å²) in [4.78, 5) is 44.8. The van der Waals surface area contributed by atoms with Gasteiger partial charge in [0.15, 0.2) is 0 Å². The monoisotopic (exact) mass is 463 g/mol. The maximum absolute atomic E-state index is 12.5. The van der Waals surface area contributed by atoms with Crippen molar-refractivity contribution >= 4 is 31.6 Å². The summed E-state index contributed by atoms with van der Waals surface area (Å²) in [5.74, 6) is -4.47. The summed E-state index contributed by atoms with van der Waals surface area (Å²) in [5.41, 5.74) is 3.59. The number of amides is 1. The molecule has 0 fully saturated rings. The highest BCUT2D eigenvalue weighted by atomic mass is 31.2. The molecular formula is C18H26NO11P. The molecule has 174 valence electrons. The molecule has 0 aromatic carbocycles. The lowest BCUT2D eigenvalue weighted by Crippen LogP contribution is -2.17. The minimum Gasteiger partial charge on any atom is -0.396 e. The van der Waals surface area contributed by atoms with E-state index in [4.69, 9.17) is 15.3 Å². The van der Waals surface area contributed by atoms with Crippen LogP contribution in [-0.2, 0) is 37.3 Å². The molecule has 0 aromatic heterocycles. The van der Waals surface area contributed by atoms with E-state index in [-0.39, 0.29) is 36.0 Å². The number of hydrogen-bond donors (Lipinski definition) is 4. The predicted octanol–water partition coefficient (Wildman–Crippen LogP) is 0.198. The molecule has 0 bridgehead atoms. The standard InChI is InChI=1S/C15H21O10P.C3H5NO/c1-10(4-7-16)13(19)23-26(22,24-14(20)11(2)5-8-17)25-15(21)12(3)6-9-18;1-2-3(4)5/h16-18H,1-9H2;2H,1H2,(H2,4,5). The molecule has 5 N–H and O–H groups in total. The molecule has 0 aliphatic rings. The molecule has 0 heterocycles. The first-order valence-corrected chi connectivity index (χ1v) is 9.93. The van der Waals surface area contributed by atoms with Crippen LogP contribution in [0.15, 0.2) is 49.1 Å². The van der Waals surface area contributed by atoms with Crippen molar-refractivity contribution in [3.05, 3.63) is 49.1 Å². The van der Waals surface area contributed by atoms with E-state index in [1.165, 1.54) is 0 Å². The van der Waals surface area contributed by atoms with Gasteiger partial charge in [0.2, 0.25) is 5.91 Å². The van der Waals surface area contributed by atoms with Crippen LogP contribution < -0.4 is 5.73 Å². The number of nitrogens with two attached hydrogens (primary N) is 1. The van der Waals surface area contributed by atoms with E-state index in [1.54, 1.807) is 0 Å². The third kappa shape index (κ3) is 13.7. The van der Waals surface area contributed by atoms with Crippen LogP contribution in [0.1, 0.15) is 19.3 Å². The minimum absolute atomic E-state index is 0.227. The molecule has 0 aliphatic carbocycles. The Morgan fingerprint density at radius 2 is 0.968 bits per heavy atom. The van der Waals surface area contributed by atoms with Crippen LogP contribution in [0.4, 0.5) is 0 Å². The van der Waals surface area contributed by atoms with Gasteiger partial charge in [-0.05, 0) is 6.08 Å². The number of carbonyl (C=O) groups excluding carboxylic acids is 4. The van der Waals surface area contributed by atoms with Gasteiger partial charge in [-0.2, -0.15) is 4.57 Å². The fraction of sp³-hybridized carbons (Fsp3) is 0.333. The molecule has 0 spiro atoms. The molecule has 0 unspecified atom stereocenters. The van der Waals surface area contributed by atoms with Crippen LogP contribution >= 0.6 is 7.82 Å². The van der Waals surface area contributed by atoms with Crippen molar-refractivity contribution in [1.82, 2.24) is 0 Å². The summed E-state index contributed by atoms with van der Waals surface area (Å²) in [7, 11) is -5.10. The lowest BCUT2D eigenvalue weighted by atomic mass is 10.2. The Balaban J connectivity index is 0. The second kappa shape index (κ2) is 15.7. The number of aliphatic hydroxyl groups is 3. The lowest BCUT2D eigenvalue weighted by molar-refractivity contribution is -0.140. The van der Waals surface area contributed by atoms with Gasteiger partial charge in [-0.1, -0.05) is 26.3 Å². The zero-order valence-corrected chi connectivity index (χ0v) is 17.7. The summed E-state index contributed by atoms with van der Waals surface area (Å²) in [5, 5.41) is 26.3. The van der Waals surface area contributed by atoms with E-state index >= 15 is 0 Å². The van der Waals surface area contributed by atoms with Gasteiger partial charge in [0, 0.05) is 55.8 Å². The van der Waals surface area contributed by atoms with Crippen LogP contribution in [0.3, 0.4) is 0 Å². The SMILES string of the molecule is C=C(CCO)C(=O)OP(=O)(OC(=O)C(=C)CCO)OC(=O)C(=C)CCO.C=CC(N)=O. The van der Waals surface area contributed by atoms with Crippen molar-refractivity contribution in [2.45, 2.75) is 19.3 Å². The van der Waals surface area contributed by atoms with Gasteiger partial charge in [0.05, 0.1) is 0 Å². The molecule has 0 saturated carbocycles. The highest BCUT2D eigenvalue weighted by Gasteiger charge is 2.40. The average molecular weight is 463 g/mol. The molecule has 0 radical (unpaired) electrons. The largest absolute Gasteiger partial charge is 0.654 e. The molecule has 31 heavy (non-hydrogen) atoms. The van der Waals surface area contributed by atoms with E-state index in [9.17, 15) is 23.7 Å². The van der Waals surface area contributed by atoms with Gasteiger partial charge < -0.3 is 34.6 Å². The summed E-state index contributed by atoms with van der Waals surface area (Å²) < 4.78 is 25.9. The number of rotatable bonds is 13. The van der Waals surface area contributed by atoms with Gasteiger partial charge in [-0.25, -0.2) is 14.4 Å². The van der Waals surface area contributed by atoms with Gasteiger partial charge in [-0.3, -0.25) is 4.79 Å². The number of phosphoric ester groups is 1. The fourth-order valence-corrected chi connectivity index (χ4v) is 2.37. The van der Waals surface area contributed by atoms with Crippen molar-refractivity contribution < 1.29 is 52.6 Å². The zero-order chi connectivity index (χ0) is 24.6. The van der Waals surface area contributed by atoms with E-state index in [0.29, 0.717) is 0 Å². The molecule has 0 aromatic rings. The Kier molecular flexibility index (Phi) is 15.3. The van der Waals surface area contributed by atoms with Crippen molar-refractivity contribution in [3.8, 4) is 0 Å². The first kappa shape index (κ1) is 30.1. The number of hydrogen-bond acceptors (Lipinski definition) is 11. The van der Waals surface area contributed by atoms with Crippen molar-refractivity contribution in [2.75, 3.05) is 19.8 Å². The highest BCUT2D eigenvalue weighted by Crippen LogP contribution is 2.51. The number of aliphatic hydroxyl groups excluding tert-OH is 3. The van der Waals surface area contributed by atoms with E-state index in [1.807, 2.05) is 0 Å². The van der Waals surface area contributed by atoms with E-state index < -0.39 is 51.5 Å². The number of phosphoric acid groups is 1. The highest BCUT2D eigenvalue weighted by molar-refractivity contribution is 7.50. The van der Waals surface area contributed by atoms with Crippen molar-refractivity contribution in [3.63, 3.8) is 0 Å². The minimum atomic E-state index is -5.10. The second-order valence-corrected chi connectivity index (χ2v) is 6.86. The molecule has 12 nitrogen and oxygen atoms in total. The van der Waals surface area contributed by atoms with Gasteiger partial charge in [-0.15, -0.1) is 0 Å². The third-order valence-corrected chi connectivity index (χ3v) is 4.06. The van der Waals surface area contributed by atoms with Gasteiger partial charge in [0.1, 0.15) is 0 Å². The van der Waals surface area contributed by atoms with E-state index in [0.717, 1.165) is 6.08 Å². The summed E-state index contributed by atoms with van der Waals surface area (Å²) in [6, 6.07) is 0. The smallest absolute Gasteiger partial charge is 0.396 e. The molecule has 0 rings (SSSR count). The van der Waals surface area contributed by atoms with Crippen LogP contribution in [0.2, 0.25) is 0 Å². The van der Waals surface area contributed by atoms with Gasteiger partial charge >= 0.3 is 25.7 Å². The van der Waals surface area contributed by atoms with Crippen molar-refractivity contribution in [2.24, 2.45) is 5.73 Å². The average Bonchev–Trinajstić information content (AvgIpc) is 2.68. The van der Waals surface area contributed by atoms with E-state index in [2.05, 4.69) is 45.6 Å². The van der Waals surface area contributed by atoms with Gasteiger partial charge in [0.25, 0.3) is 0 Å². The zero-order valence-electron chi connectivity index (χ0n) is 16.8. The lowest BCUT2D eigenvalue weighted by Gasteiger charge is -2.17. The number of primary amides is 1. The first-order chi connectivity index (χ1) is 14.4. The quantitative estimate of drug-likeness (QED) is 0.215. The Morgan fingerprint density at radius 3 is 1.13 bits per heavy atom. The van der Waals surface area contributed by atoms with Crippen LogP contribution in [0.25, 0.3) is 0 Å². The molecule has 13 heteroatoms. The fourth-order valence-electron chi connectivity index (χ4n) is 1.27. The number of carbonyl (C=O) groups is 4. The normalized spacial score (nSPS) is 9.90. The Bertz CT molecular complexity index is 687. The first-order valence-electron chi connectivity index (χ1n) is 8.46. The Morgan fingerprint density at radius 1 is 0.742 bits per heavy atom. The Labute approximate surface area is 178 Å². The molecule has 0 saturated heterocycles. The summed E-state index contributed by atoms with van der Waals surface area (Å²) in [6.07, 6.45) is 0.375.